The lowest BCUT2D eigenvalue weighted by molar-refractivity contribution is -0.113. The van der Waals surface area contributed by atoms with E-state index < -0.39 is 0 Å². The third kappa shape index (κ3) is 3.58. The van der Waals surface area contributed by atoms with Gasteiger partial charge in [-0.25, -0.2) is 0 Å². The molecule has 0 N–H and O–H groups in total. The molecule has 0 spiro atoms. The van der Waals surface area contributed by atoms with Gasteiger partial charge in [-0.3, -0.25) is 13.9 Å². The first-order chi connectivity index (χ1) is 14.5. The van der Waals surface area contributed by atoms with Gasteiger partial charge in [0.05, 0.1) is 0 Å². The van der Waals surface area contributed by atoms with Gasteiger partial charge < -0.3 is 4.57 Å². The van der Waals surface area contributed by atoms with E-state index in [1.165, 1.54) is 16.3 Å². The topological polar surface area (TPSA) is 42.3 Å². The fourth-order valence-electron chi connectivity index (χ4n) is 4.89. The second-order valence-electron chi connectivity index (χ2n) is 8.24. The Morgan fingerprint density at radius 1 is 1.27 bits per heavy atom. The molecule has 0 fully saturated rings. The average Bonchev–Trinajstić information content (AvgIpc) is 3.15. The predicted molar refractivity (Wildman–Crippen MR) is 126 cm³/mol. The maximum Gasteiger partial charge on any atom is 0.163 e. The molecular formula is C25H30N2O2S. The fraction of sp³-hybridized carbons (Fsp3) is 0.440. The van der Waals surface area contributed by atoms with Crippen LogP contribution >= 0.6 is 11.9 Å². The maximum atomic E-state index is 12.4. The molecule has 4 rings (SSSR count). The molecule has 4 nitrogen and oxygen atoms in total. The lowest BCUT2D eigenvalue weighted by Crippen LogP contribution is -2.32. The van der Waals surface area contributed by atoms with Crippen LogP contribution in [0.3, 0.4) is 0 Å². The van der Waals surface area contributed by atoms with Crippen molar-refractivity contribution >= 4 is 46.6 Å². The molecule has 0 saturated heterocycles. The highest BCUT2D eigenvalue weighted by molar-refractivity contribution is 7.96. The van der Waals surface area contributed by atoms with E-state index in [0.29, 0.717) is 12.5 Å². The Morgan fingerprint density at radius 3 is 2.77 bits per heavy atom. The Hall–Kier alpha value is -2.11. The van der Waals surface area contributed by atoms with Crippen molar-refractivity contribution in [1.29, 1.82) is 0 Å². The fourth-order valence-corrected chi connectivity index (χ4v) is 5.45. The van der Waals surface area contributed by atoms with Gasteiger partial charge >= 0.3 is 0 Å². The minimum absolute atomic E-state index is 0.0912. The van der Waals surface area contributed by atoms with Crippen LogP contribution in [0.2, 0.25) is 0 Å². The number of carbonyl (C=O) groups is 2. The number of ketones is 2. The molecule has 0 aliphatic heterocycles. The first-order valence-electron chi connectivity index (χ1n) is 10.8. The number of carbonyl (C=O) groups excluding carboxylic acids is 2. The number of rotatable bonds is 7. The van der Waals surface area contributed by atoms with Gasteiger partial charge in [0, 0.05) is 51.6 Å². The molecule has 1 aromatic heterocycles. The Morgan fingerprint density at radius 2 is 2.07 bits per heavy atom. The number of Topliss-reactive ketones (excluding diaryl/α,β-unsaturated/α-hetero) is 2. The van der Waals surface area contributed by atoms with E-state index in [4.69, 9.17) is 0 Å². The first kappa shape index (κ1) is 21.1. The van der Waals surface area contributed by atoms with Crippen LogP contribution in [-0.4, -0.2) is 39.8 Å². The molecule has 0 bridgehead atoms. The van der Waals surface area contributed by atoms with Crippen LogP contribution in [0.15, 0.2) is 23.8 Å². The largest absolute Gasteiger partial charge is 0.341 e. The Kier molecular flexibility index (Phi) is 6.03. The van der Waals surface area contributed by atoms with Crippen molar-refractivity contribution in [2.45, 2.75) is 58.5 Å². The molecular weight excluding hydrogens is 392 g/mol. The molecule has 0 amide bonds. The zero-order valence-electron chi connectivity index (χ0n) is 18.3. The molecule has 2 aromatic rings. The monoisotopic (exact) mass is 422 g/mol. The highest BCUT2D eigenvalue weighted by atomic mass is 32.2. The number of aryl methyl sites for hydroxylation is 2. The summed E-state index contributed by atoms with van der Waals surface area (Å²) < 4.78 is 4.75. The van der Waals surface area contributed by atoms with Crippen LogP contribution in [0.4, 0.5) is 0 Å². The average molecular weight is 423 g/mol. The summed E-state index contributed by atoms with van der Waals surface area (Å²) >= 11 is 1.78. The van der Waals surface area contributed by atoms with Crippen LogP contribution in [0, 0.1) is 0 Å². The number of hydrogen-bond acceptors (Lipinski definition) is 4. The van der Waals surface area contributed by atoms with Gasteiger partial charge in [0.15, 0.2) is 11.6 Å². The summed E-state index contributed by atoms with van der Waals surface area (Å²) in [5, 5.41) is 3.47. The van der Waals surface area contributed by atoms with Crippen molar-refractivity contribution in [3.8, 4) is 0 Å². The Bertz CT molecular complexity index is 1170. The molecule has 2 aliphatic rings. The third-order valence-electron chi connectivity index (χ3n) is 6.63. The summed E-state index contributed by atoms with van der Waals surface area (Å²) in [5.74, 6) is 0.328. The van der Waals surface area contributed by atoms with Crippen LogP contribution in [-0.2, 0) is 17.8 Å². The van der Waals surface area contributed by atoms with Crippen molar-refractivity contribution in [3.05, 3.63) is 45.5 Å². The second-order valence-corrected chi connectivity index (χ2v) is 9.18. The number of fused-ring (bicyclic) bond motifs is 5. The van der Waals surface area contributed by atoms with Crippen LogP contribution in [0.1, 0.15) is 55.5 Å². The summed E-state index contributed by atoms with van der Waals surface area (Å²) in [6, 6.07) is 4.63. The van der Waals surface area contributed by atoms with E-state index in [0.717, 1.165) is 54.1 Å². The van der Waals surface area contributed by atoms with E-state index in [2.05, 4.69) is 41.2 Å². The summed E-state index contributed by atoms with van der Waals surface area (Å²) in [7, 11) is 2.16. The van der Waals surface area contributed by atoms with Gasteiger partial charge in [0.1, 0.15) is 0 Å². The van der Waals surface area contributed by atoms with Gasteiger partial charge in [0.25, 0.3) is 0 Å². The number of nitrogens with zero attached hydrogens (tertiary/aromatic N) is 2. The number of benzene rings is 1. The smallest absolute Gasteiger partial charge is 0.163 e. The minimum Gasteiger partial charge on any atom is -0.341 e. The third-order valence-corrected chi connectivity index (χ3v) is 7.51. The highest BCUT2D eigenvalue weighted by Crippen LogP contribution is 2.28. The number of aromatic nitrogens is 1. The molecule has 158 valence electrons. The van der Waals surface area contributed by atoms with Crippen molar-refractivity contribution in [3.63, 3.8) is 0 Å². The number of hydrogen-bond donors (Lipinski definition) is 0. The quantitative estimate of drug-likeness (QED) is 0.639. The van der Waals surface area contributed by atoms with E-state index in [9.17, 15) is 9.59 Å². The predicted octanol–water partition coefficient (Wildman–Crippen LogP) is 3.63. The van der Waals surface area contributed by atoms with Crippen LogP contribution < -0.4 is 10.6 Å². The summed E-state index contributed by atoms with van der Waals surface area (Å²) in [4.78, 5) is 24.6. The maximum absolute atomic E-state index is 12.4. The van der Waals surface area contributed by atoms with Crippen LogP contribution in [0.25, 0.3) is 23.1 Å². The van der Waals surface area contributed by atoms with Gasteiger partial charge in [-0.05, 0) is 69.7 Å². The van der Waals surface area contributed by atoms with Gasteiger partial charge in [-0.2, -0.15) is 0 Å². The van der Waals surface area contributed by atoms with Crippen LogP contribution in [0.5, 0.6) is 0 Å². The summed E-state index contributed by atoms with van der Waals surface area (Å²) in [6.45, 7) is 4.79. The van der Waals surface area contributed by atoms with Crippen molar-refractivity contribution in [2.75, 3.05) is 13.3 Å². The lowest BCUT2D eigenvalue weighted by atomic mass is 10.0. The Labute approximate surface area is 182 Å². The number of allylic oxidation sites excluding steroid dienone is 2. The Balaban J connectivity index is 1.92. The van der Waals surface area contributed by atoms with Crippen molar-refractivity contribution in [2.24, 2.45) is 0 Å². The molecule has 1 atom stereocenters. The highest BCUT2D eigenvalue weighted by Gasteiger charge is 2.25. The SMILES string of the molecule is CC[C@@H](CCn1c2c(c3c4c(ccc31)C(=O)CC4)=CC(C(C)=O)=CCC=2)N(C)SC. The van der Waals surface area contributed by atoms with E-state index >= 15 is 0 Å². The zero-order valence-corrected chi connectivity index (χ0v) is 19.1. The molecule has 0 unspecified atom stereocenters. The lowest BCUT2D eigenvalue weighted by Gasteiger charge is -2.25. The summed E-state index contributed by atoms with van der Waals surface area (Å²) in [5.41, 5.74) is 3.98. The minimum atomic E-state index is 0.0912. The first-order valence-corrected chi connectivity index (χ1v) is 12.0. The molecule has 0 saturated carbocycles. The summed E-state index contributed by atoms with van der Waals surface area (Å²) in [6.07, 6.45) is 12.7. The second kappa shape index (κ2) is 8.56. The molecule has 1 aromatic carbocycles. The van der Waals surface area contributed by atoms with Gasteiger partial charge in [0.2, 0.25) is 0 Å². The normalized spacial score (nSPS) is 16.6. The zero-order chi connectivity index (χ0) is 21.4. The van der Waals surface area contributed by atoms with E-state index in [1.54, 1.807) is 18.9 Å². The molecule has 5 heteroatoms. The van der Waals surface area contributed by atoms with E-state index in [1.807, 2.05) is 18.2 Å². The van der Waals surface area contributed by atoms with E-state index in [-0.39, 0.29) is 11.6 Å². The molecule has 0 radical (unpaired) electrons. The molecule has 30 heavy (non-hydrogen) atoms. The van der Waals surface area contributed by atoms with Crippen molar-refractivity contribution in [1.82, 2.24) is 8.87 Å². The standard InChI is InChI=1S/C25H30N2O2S/c1-5-18(26(3)30-4)13-14-27-22-8-6-7-17(16(2)28)15-21(22)25-20-10-12-24(29)19(20)9-11-23(25)27/h7-9,11,15,18H,5-6,10,12-14H2,1-4H3/t18-/m0/s1. The van der Waals surface area contributed by atoms with Gasteiger partial charge in [-0.1, -0.05) is 31.0 Å². The molecule has 2 aliphatic carbocycles. The van der Waals surface area contributed by atoms with Crippen molar-refractivity contribution < 1.29 is 9.59 Å². The molecule has 1 heterocycles. The van der Waals surface area contributed by atoms with Gasteiger partial charge in [-0.15, -0.1) is 0 Å².